The Labute approximate surface area is 216 Å². The molecular formula is C27H50O9. The number of hydrogen-bond donors (Lipinski definition) is 5. The molecule has 6 atom stereocenters. The number of allylic oxidation sites excluding steroid dienone is 2. The summed E-state index contributed by atoms with van der Waals surface area (Å²) in [6.45, 7) is 1.09. The highest BCUT2D eigenvalue weighted by molar-refractivity contribution is 5.69. The average Bonchev–Trinajstić information content (AvgIpc) is 2.88. The van der Waals surface area contributed by atoms with Crippen LogP contribution >= 0.6 is 0 Å². The Morgan fingerprint density at radius 2 is 1.42 bits per heavy atom. The highest BCUT2D eigenvalue weighted by atomic mass is 16.7. The van der Waals surface area contributed by atoms with E-state index in [0.29, 0.717) is 6.42 Å². The molecule has 1 rings (SSSR count). The molecule has 36 heavy (non-hydrogen) atoms. The zero-order valence-corrected chi connectivity index (χ0v) is 22.0. The summed E-state index contributed by atoms with van der Waals surface area (Å²) in [6.07, 6.45) is 12.1. The third-order valence-corrected chi connectivity index (χ3v) is 6.38. The first-order valence-corrected chi connectivity index (χ1v) is 13.8. The zero-order valence-electron chi connectivity index (χ0n) is 22.0. The van der Waals surface area contributed by atoms with Gasteiger partial charge in [-0.15, -0.1) is 0 Å². The molecule has 9 nitrogen and oxygen atoms in total. The van der Waals surface area contributed by atoms with Crippen molar-refractivity contribution >= 4 is 5.97 Å². The van der Waals surface area contributed by atoms with Crippen molar-refractivity contribution in [1.29, 1.82) is 0 Å². The van der Waals surface area contributed by atoms with Crippen molar-refractivity contribution in [2.45, 2.75) is 134 Å². The van der Waals surface area contributed by atoms with Crippen molar-refractivity contribution in [3.8, 4) is 0 Å². The molecular weight excluding hydrogens is 468 g/mol. The van der Waals surface area contributed by atoms with Crippen LogP contribution in [0.4, 0.5) is 0 Å². The molecule has 1 saturated heterocycles. The summed E-state index contributed by atoms with van der Waals surface area (Å²) in [5.74, 6) is -0.389. The summed E-state index contributed by atoms with van der Waals surface area (Å²) in [4.78, 5) is 11.9. The van der Waals surface area contributed by atoms with Gasteiger partial charge >= 0.3 is 5.97 Å². The van der Waals surface area contributed by atoms with Gasteiger partial charge in [0, 0.05) is 6.42 Å². The van der Waals surface area contributed by atoms with Crippen LogP contribution in [-0.4, -0.2) is 88.1 Å². The molecule has 0 aliphatic carbocycles. The first-order valence-electron chi connectivity index (χ1n) is 13.8. The van der Waals surface area contributed by atoms with Gasteiger partial charge in [-0.25, -0.2) is 0 Å². The number of ether oxygens (including phenoxy) is 3. The summed E-state index contributed by atoms with van der Waals surface area (Å²) in [7, 11) is 0. The van der Waals surface area contributed by atoms with Crippen LogP contribution in [0.2, 0.25) is 0 Å². The number of aliphatic hydroxyl groups is 5. The average molecular weight is 519 g/mol. The van der Waals surface area contributed by atoms with Crippen LogP contribution in [0.1, 0.15) is 96.8 Å². The van der Waals surface area contributed by atoms with Gasteiger partial charge < -0.3 is 39.7 Å². The van der Waals surface area contributed by atoms with Gasteiger partial charge in [0.05, 0.1) is 13.2 Å². The monoisotopic (exact) mass is 518 g/mol. The Morgan fingerprint density at radius 3 is 2.03 bits per heavy atom. The predicted molar refractivity (Wildman–Crippen MR) is 136 cm³/mol. The molecule has 1 unspecified atom stereocenters. The Hall–Kier alpha value is -1.07. The first-order chi connectivity index (χ1) is 17.4. The fourth-order valence-electron chi connectivity index (χ4n) is 4.06. The van der Waals surface area contributed by atoms with Gasteiger partial charge in [-0.2, -0.15) is 0 Å². The highest BCUT2D eigenvalue weighted by Gasteiger charge is 2.44. The Kier molecular flexibility index (Phi) is 19.2. The molecule has 1 aliphatic rings. The zero-order chi connectivity index (χ0) is 26.6. The number of carbonyl (C=O) groups excluding carboxylic acids is 1. The Bertz CT molecular complexity index is 569. The van der Waals surface area contributed by atoms with Gasteiger partial charge in [-0.3, -0.25) is 4.79 Å². The molecule has 1 heterocycles. The maximum absolute atomic E-state index is 11.9. The Balaban J connectivity index is 1.98. The quantitative estimate of drug-likeness (QED) is 0.0879. The number of rotatable bonds is 21. The third-order valence-electron chi connectivity index (χ3n) is 6.38. The molecule has 1 aliphatic heterocycles. The van der Waals surface area contributed by atoms with Crippen LogP contribution in [0.5, 0.6) is 0 Å². The summed E-state index contributed by atoms with van der Waals surface area (Å²) in [5, 5.41) is 48.5. The summed E-state index contributed by atoms with van der Waals surface area (Å²) in [6, 6.07) is 0. The van der Waals surface area contributed by atoms with E-state index >= 15 is 0 Å². The van der Waals surface area contributed by atoms with Gasteiger partial charge in [-0.05, 0) is 32.1 Å². The molecule has 5 N–H and O–H groups in total. The van der Waals surface area contributed by atoms with Crippen molar-refractivity contribution in [3.05, 3.63) is 12.2 Å². The third kappa shape index (κ3) is 14.6. The second kappa shape index (κ2) is 20.9. The van der Waals surface area contributed by atoms with E-state index < -0.39 is 43.4 Å². The van der Waals surface area contributed by atoms with Crippen molar-refractivity contribution in [3.63, 3.8) is 0 Å². The lowest BCUT2D eigenvalue weighted by Gasteiger charge is -2.39. The lowest BCUT2D eigenvalue weighted by molar-refractivity contribution is -0.305. The molecule has 0 aromatic carbocycles. The topological polar surface area (TPSA) is 146 Å². The second-order valence-electron chi connectivity index (χ2n) is 9.70. The van der Waals surface area contributed by atoms with Crippen LogP contribution in [0.3, 0.4) is 0 Å². The molecule has 0 saturated carbocycles. The minimum absolute atomic E-state index is 0.263. The van der Waals surface area contributed by atoms with Crippen LogP contribution in [0.15, 0.2) is 12.2 Å². The highest BCUT2D eigenvalue weighted by Crippen LogP contribution is 2.22. The van der Waals surface area contributed by atoms with Crippen molar-refractivity contribution in [1.82, 2.24) is 0 Å². The molecule has 9 heteroatoms. The largest absolute Gasteiger partial charge is 0.463 e. The predicted octanol–water partition coefficient (Wildman–Crippen LogP) is 2.74. The van der Waals surface area contributed by atoms with E-state index in [1.807, 2.05) is 0 Å². The maximum Gasteiger partial charge on any atom is 0.305 e. The van der Waals surface area contributed by atoms with E-state index in [9.17, 15) is 25.2 Å². The van der Waals surface area contributed by atoms with Gasteiger partial charge in [0.2, 0.25) is 0 Å². The van der Waals surface area contributed by atoms with Crippen LogP contribution in [-0.2, 0) is 19.0 Å². The number of aliphatic hydroxyl groups excluding tert-OH is 5. The van der Waals surface area contributed by atoms with Gasteiger partial charge in [0.25, 0.3) is 0 Å². The number of unbranched alkanes of at least 4 members (excludes halogenated alkanes) is 11. The number of esters is 1. The smallest absolute Gasteiger partial charge is 0.305 e. The van der Waals surface area contributed by atoms with Crippen LogP contribution < -0.4 is 0 Å². The minimum Gasteiger partial charge on any atom is -0.463 e. The normalized spacial score (nSPS) is 25.3. The lowest BCUT2D eigenvalue weighted by atomic mass is 9.99. The molecule has 0 bridgehead atoms. The molecule has 0 aromatic rings. The van der Waals surface area contributed by atoms with Crippen LogP contribution in [0, 0.1) is 0 Å². The van der Waals surface area contributed by atoms with Crippen molar-refractivity contribution < 1.29 is 44.5 Å². The fraction of sp³-hybridized carbons (Fsp3) is 0.889. The fourth-order valence-corrected chi connectivity index (χ4v) is 4.06. The Morgan fingerprint density at radius 1 is 0.833 bits per heavy atom. The van der Waals surface area contributed by atoms with E-state index in [1.54, 1.807) is 0 Å². The second-order valence-corrected chi connectivity index (χ2v) is 9.70. The maximum atomic E-state index is 11.9. The van der Waals surface area contributed by atoms with E-state index in [1.165, 1.54) is 44.9 Å². The van der Waals surface area contributed by atoms with Gasteiger partial charge in [0.1, 0.15) is 37.1 Å². The van der Waals surface area contributed by atoms with Gasteiger partial charge in [0.15, 0.2) is 6.29 Å². The van der Waals surface area contributed by atoms with E-state index in [4.69, 9.17) is 19.3 Å². The standard InChI is InChI=1S/C27H50O9/c1-2-3-4-5-6-7-8-9-10-11-12-13-14-15-16-17-23(30)34-19-21(29)20-35-27-26(33)25(32)24(31)22(18-28)36-27/h9-10,21-22,24-29,31-33H,2-8,11-20H2,1H3/b10-9-/t21?,22-,24-,25+,26-,27-/m1/s1. The van der Waals surface area contributed by atoms with E-state index in [-0.39, 0.29) is 19.2 Å². The minimum atomic E-state index is -1.55. The van der Waals surface area contributed by atoms with Crippen LogP contribution in [0.25, 0.3) is 0 Å². The number of carbonyl (C=O) groups is 1. The molecule has 0 radical (unpaired) electrons. The summed E-state index contributed by atoms with van der Waals surface area (Å²) in [5.41, 5.74) is 0. The number of hydrogen-bond acceptors (Lipinski definition) is 9. The van der Waals surface area contributed by atoms with Crippen molar-refractivity contribution in [2.75, 3.05) is 19.8 Å². The molecule has 0 spiro atoms. The lowest BCUT2D eigenvalue weighted by Crippen LogP contribution is -2.59. The SMILES string of the molecule is CCCCCCCC/C=C\CCCCCCCC(=O)OCC(O)CO[C@@H]1O[C@H](CO)[C@@H](O)[C@H](O)[C@H]1O. The first kappa shape index (κ1) is 33.0. The summed E-state index contributed by atoms with van der Waals surface area (Å²) < 4.78 is 15.5. The molecule has 1 fully saturated rings. The van der Waals surface area contributed by atoms with Gasteiger partial charge in [-0.1, -0.05) is 70.4 Å². The molecule has 0 amide bonds. The van der Waals surface area contributed by atoms with E-state index in [2.05, 4.69) is 19.1 Å². The van der Waals surface area contributed by atoms with Crippen molar-refractivity contribution in [2.24, 2.45) is 0 Å². The van der Waals surface area contributed by atoms with E-state index in [0.717, 1.165) is 38.5 Å². The molecule has 0 aromatic heterocycles. The molecule has 212 valence electrons. The summed E-state index contributed by atoms with van der Waals surface area (Å²) >= 11 is 0.